The highest BCUT2D eigenvalue weighted by Gasteiger charge is 2.07. The number of H-pyrrole nitrogens is 1. The first-order chi connectivity index (χ1) is 7.75. The average Bonchev–Trinajstić information content (AvgIpc) is 2.78. The molecule has 2 rings (SSSR count). The maximum absolute atomic E-state index is 11.6. The molecule has 0 unspecified atom stereocenters. The molecule has 82 valence electrons. The number of hydrogen-bond donors (Lipinski definition) is 2. The minimum absolute atomic E-state index is 0.187. The molecule has 7 heteroatoms. The van der Waals surface area contributed by atoms with E-state index in [4.69, 9.17) is 11.6 Å². The van der Waals surface area contributed by atoms with Gasteiger partial charge in [-0.25, -0.2) is 9.97 Å². The fourth-order valence-electron chi connectivity index (χ4n) is 1.10. The van der Waals surface area contributed by atoms with Crippen molar-refractivity contribution < 1.29 is 4.79 Å². The molecule has 0 aliphatic carbocycles. The minimum Gasteiger partial charge on any atom is -0.347 e. The zero-order valence-corrected chi connectivity index (χ0v) is 8.90. The molecule has 0 aromatic carbocycles. The summed E-state index contributed by atoms with van der Waals surface area (Å²) in [6.07, 6.45) is 5.89. The first kappa shape index (κ1) is 10.6. The van der Waals surface area contributed by atoms with Gasteiger partial charge in [-0.2, -0.15) is 0 Å². The smallest absolute Gasteiger partial charge is 0.271 e. The van der Waals surface area contributed by atoms with E-state index in [1.807, 2.05) is 0 Å². The van der Waals surface area contributed by atoms with Gasteiger partial charge in [0, 0.05) is 6.20 Å². The molecule has 6 nitrogen and oxygen atoms in total. The number of nitrogens with zero attached hydrogens (tertiary/aromatic N) is 3. The van der Waals surface area contributed by atoms with E-state index in [2.05, 4.69) is 25.3 Å². The van der Waals surface area contributed by atoms with Crippen molar-refractivity contribution in [3.63, 3.8) is 0 Å². The zero-order chi connectivity index (χ0) is 11.4. The SMILES string of the molecule is O=C(NCc1cnc[nH]1)c1cncc(Cl)n1. The van der Waals surface area contributed by atoms with Crippen LogP contribution in [0.25, 0.3) is 0 Å². The minimum atomic E-state index is -0.329. The molecule has 2 N–H and O–H groups in total. The number of nitrogens with one attached hydrogen (secondary N) is 2. The van der Waals surface area contributed by atoms with Gasteiger partial charge in [0.25, 0.3) is 5.91 Å². The monoisotopic (exact) mass is 237 g/mol. The number of carbonyl (C=O) groups is 1. The second-order valence-electron chi connectivity index (χ2n) is 2.99. The lowest BCUT2D eigenvalue weighted by Gasteiger charge is -2.02. The third kappa shape index (κ3) is 2.54. The average molecular weight is 238 g/mol. The Kier molecular flexibility index (Phi) is 3.11. The summed E-state index contributed by atoms with van der Waals surface area (Å²) in [5.74, 6) is -0.329. The summed E-state index contributed by atoms with van der Waals surface area (Å²) in [6.45, 7) is 0.354. The van der Waals surface area contributed by atoms with Crippen molar-refractivity contribution in [1.82, 2.24) is 25.3 Å². The van der Waals surface area contributed by atoms with E-state index < -0.39 is 0 Å². The Balaban J connectivity index is 1.98. The van der Waals surface area contributed by atoms with Crippen LogP contribution in [-0.4, -0.2) is 25.8 Å². The van der Waals surface area contributed by atoms with Crippen LogP contribution < -0.4 is 5.32 Å². The predicted octanol–water partition coefficient (Wildman–Crippen LogP) is 0.783. The van der Waals surface area contributed by atoms with Crippen molar-refractivity contribution in [2.45, 2.75) is 6.54 Å². The Morgan fingerprint density at radius 2 is 2.25 bits per heavy atom. The van der Waals surface area contributed by atoms with Crippen LogP contribution in [0.4, 0.5) is 0 Å². The summed E-state index contributed by atoms with van der Waals surface area (Å²) < 4.78 is 0. The van der Waals surface area contributed by atoms with Gasteiger partial charge in [-0.1, -0.05) is 11.6 Å². The highest BCUT2D eigenvalue weighted by Crippen LogP contribution is 2.02. The number of amides is 1. The van der Waals surface area contributed by atoms with Crippen LogP contribution in [0, 0.1) is 0 Å². The van der Waals surface area contributed by atoms with Gasteiger partial charge < -0.3 is 10.3 Å². The third-order valence-electron chi connectivity index (χ3n) is 1.83. The Labute approximate surface area is 96.1 Å². The van der Waals surface area contributed by atoms with Gasteiger partial charge in [0.2, 0.25) is 0 Å². The fraction of sp³-hybridized carbons (Fsp3) is 0.111. The van der Waals surface area contributed by atoms with E-state index in [-0.39, 0.29) is 16.8 Å². The van der Waals surface area contributed by atoms with Crippen LogP contribution in [0.3, 0.4) is 0 Å². The number of rotatable bonds is 3. The highest BCUT2D eigenvalue weighted by molar-refractivity contribution is 6.29. The first-order valence-corrected chi connectivity index (χ1v) is 4.86. The molecule has 1 amide bonds. The quantitative estimate of drug-likeness (QED) is 0.827. The zero-order valence-electron chi connectivity index (χ0n) is 8.14. The van der Waals surface area contributed by atoms with Crippen molar-refractivity contribution in [2.75, 3.05) is 0 Å². The predicted molar refractivity (Wildman–Crippen MR) is 56.8 cm³/mol. The number of aromatic amines is 1. The van der Waals surface area contributed by atoms with E-state index in [0.717, 1.165) is 5.69 Å². The van der Waals surface area contributed by atoms with E-state index in [9.17, 15) is 4.79 Å². The van der Waals surface area contributed by atoms with Crippen molar-refractivity contribution in [3.8, 4) is 0 Å². The highest BCUT2D eigenvalue weighted by atomic mass is 35.5. The van der Waals surface area contributed by atoms with Crippen molar-refractivity contribution >= 4 is 17.5 Å². The molecule has 0 radical (unpaired) electrons. The van der Waals surface area contributed by atoms with Crippen molar-refractivity contribution in [1.29, 1.82) is 0 Å². The van der Waals surface area contributed by atoms with Crippen LogP contribution in [0.15, 0.2) is 24.9 Å². The third-order valence-corrected chi connectivity index (χ3v) is 2.01. The van der Waals surface area contributed by atoms with E-state index in [1.54, 1.807) is 12.5 Å². The van der Waals surface area contributed by atoms with Gasteiger partial charge in [0.05, 0.1) is 31.0 Å². The van der Waals surface area contributed by atoms with Gasteiger partial charge in [0.1, 0.15) is 10.8 Å². The lowest BCUT2D eigenvalue weighted by molar-refractivity contribution is 0.0945. The molecule has 0 fully saturated rings. The van der Waals surface area contributed by atoms with E-state index >= 15 is 0 Å². The molecule has 2 aromatic heterocycles. The molecule has 0 saturated heterocycles. The second-order valence-corrected chi connectivity index (χ2v) is 3.37. The number of carbonyl (C=O) groups excluding carboxylic acids is 1. The van der Waals surface area contributed by atoms with E-state index in [0.29, 0.717) is 6.54 Å². The normalized spacial score (nSPS) is 10.1. The second kappa shape index (κ2) is 4.71. The van der Waals surface area contributed by atoms with Crippen LogP contribution in [-0.2, 0) is 6.54 Å². The summed E-state index contributed by atoms with van der Waals surface area (Å²) in [5, 5.41) is 2.85. The molecule has 0 aliphatic rings. The Hall–Kier alpha value is -1.95. The fourth-order valence-corrected chi connectivity index (χ4v) is 1.25. The maximum atomic E-state index is 11.6. The van der Waals surface area contributed by atoms with E-state index in [1.165, 1.54) is 12.4 Å². The number of aromatic nitrogens is 4. The first-order valence-electron chi connectivity index (χ1n) is 4.48. The van der Waals surface area contributed by atoms with Gasteiger partial charge in [0.15, 0.2) is 0 Å². The summed E-state index contributed by atoms with van der Waals surface area (Å²) >= 11 is 5.62. The molecule has 16 heavy (non-hydrogen) atoms. The van der Waals surface area contributed by atoms with Gasteiger partial charge in [-0.05, 0) is 0 Å². The molecule has 0 bridgehead atoms. The van der Waals surface area contributed by atoms with Gasteiger partial charge >= 0.3 is 0 Å². The number of halogens is 1. The lowest BCUT2D eigenvalue weighted by atomic mass is 10.4. The Bertz CT molecular complexity index is 484. The Morgan fingerprint density at radius 1 is 1.38 bits per heavy atom. The molecule has 2 heterocycles. The van der Waals surface area contributed by atoms with Crippen LogP contribution in [0.5, 0.6) is 0 Å². The summed E-state index contributed by atoms with van der Waals surface area (Å²) in [7, 11) is 0. The number of imidazole rings is 1. The maximum Gasteiger partial charge on any atom is 0.271 e. The molecule has 0 aliphatic heterocycles. The largest absolute Gasteiger partial charge is 0.347 e. The van der Waals surface area contributed by atoms with Crippen molar-refractivity contribution in [3.05, 3.63) is 41.5 Å². The van der Waals surface area contributed by atoms with Crippen LogP contribution >= 0.6 is 11.6 Å². The lowest BCUT2D eigenvalue weighted by Crippen LogP contribution is -2.24. The standard InChI is InChI=1S/C9H8ClN5O/c10-8-4-11-3-7(15-8)9(16)13-2-6-1-12-5-14-6/h1,3-5H,2H2,(H,12,14)(H,13,16). The van der Waals surface area contributed by atoms with Gasteiger partial charge in [-0.3, -0.25) is 9.78 Å². The molecular formula is C9H8ClN5O. The number of hydrogen-bond acceptors (Lipinski definition) is 4. The molecule has 0 saturated carbocycles. The van der Waals surface area contributed by atoms with Crippen LogP contribution in [0.2, 0.25) is 5.15 Å². The molecule has 0 atom stereocenters. The van der Waals surface area contributed by atoms with Crippen LogP contribution in [0.1, 0.15) is 16.2 Å². The van der Waals surface area contributed by atoms with Gasteiger partial charge in [-0.15, -0.1) is 0 Å². The summed E-state index contributed by atoms with van der Waals surface area (Å²) in [6, 6.07) is 0. The molecule has 0 spiro atoms. The summed E-state index contributed by atoms with van der Waals surface area (Å²) in [4.78, 5) is 25.9. The summed E-state index contributed by atoms with van der Waals surface area (Å²) in [5.41, 5.74) is 0.996. The topological polar surface area (TPSA) is 83.6 Å². The van der Waals surface area contributed by atoms with Crippen molar-refractivity contribution in [2.24, 2.45) is 0 Å². The molecule has 2 aromatic rings. The Morgan fingerprint density at radius 3 is 2.94 bits per heavy atom. The molecular weight excluding hydrogens is 230 g/mol.